The molecule has 1 heterocycles. The molecule has 1 atom stereocenters. The van der Waals surface area contributed by atoms with Gasteiger partial charge in [-0.15, -0.1) is 4.99 Å². The lowest BCUT2D eigenvalue weighted by molar-refractivity contribution is -0.137. The summed E-state index contributed by atoms with van der Waals surface area (Å²) in [5.41, 5.74) is -3.37. The Morgan fingerprint density at radius 2 is 1.71 bits per heavy atom. The molecule has 7 nitrogen and oxygen atoms in total. The molecular formula is C32H28F6N4O3. The SMILES string of the molecule is Cc1cc([C@@](C)(NC(=O)c2cc(Cn3ccn(C)/c3=N/C(=O)O)cc(-c3ccc(F)cc3C(F)(F)F)c2F)C2CC2)ccc1F. The van der Waals surface area contributed by atoms with Crippen molar-refractivity contribution in [2.75, 3.05) is 0 Å². The number of benzene rings is 3. The van der Waals surface area contributed by atoms with E-state index >= 15 is 4.39 Å². The number of hydrogen-bond acceptors (Lipinski definition) is 2. The molecule has 4 aromatic rings. The smallest absolute Gasteiger partial charge is 0.434 e. The summed E-state index contributed by atoms with van der Waals surface area (Å²) in [6.45, 7) is 3.08. The number of carboxylic acid groups (broad SMARTS) is 1. The predicted molar refractivity (Wildman–Crippen MR) is 152 cm³/mol. The number of amides is 2. The zero-order valence-electron chi connectivity index (χ0n) is 24.3. The van der Waals surface area contributed by atoms with Crippen LogP contribution in [0.2, 0.25) is 0 Å². The van der Waals surface area contributed by atoms with Crippen molar-refractivity contribution in [2.45, 2.75) is 44.9 Å². The fourth-order valence-electron chi connectivity index (χ4n) is 5.53. The minimum Gasteiger partial charge on any atom is -0.463 e. The van der Waals surface area contributed by atoms with Crippen LogP contribution in [0, 0.1) is 30.3 Å². The average Bonchev–Trinajstić information content (AvgIpc) is 3.77. The highest BCUT2D eigenvalue weighted by molar-refractivity contribution is 5.97. The van der Waals surface area contributed by atoms with Gasteiger partial charge in [-0.3, -0.25) is 4.79 Å². The van der Waals surface area contributed by atoms with E-state index in [4.69, 9.17) is 0 Å². The molecule has 1 aliphatic carbocycles. The normalized spacial score (nSPS) is 15.2. The van der Waals surface area contributed by atoms with Crippen molar-refractivity contribution < 1.29 is 41.0 Å². The quantitative estimate of drug-likeness (QED) is 0.217. The van der Waals surface area contributed by atoms with Crippen LogP contribution < -0.4 is 10.9 Å². The van der Waals surface area contributed by atoms with Crippen LogP contribution in [-0.4, -0.2) is 26.2 Å². The van der Waals surface area contributed by atoms with Gasteiger partial charge in [0.2, 0.25) is 5.62 Å². The first-order valence-corrected chi connectivity index (χ1v) is 13.9. The lowest BCUT2D eigenvalue weighted by Crippen LogP contribution is -2.45. The first-order chi connectivity index (χ1) is 21.1. The van der Waals surface area contributed by atoms with Crippen molar-refractivity contribution in [3.05, 3.63) is 112 Å². The summed E-state index contributed by atoms with van der Waals surface area (Å²) in [5.74, 6) is -3.90. The molecule has 1 saturated carbocycles. The number of nitrogens with one attached hydrogen (secondary N) is 1. The van der Waals surface area contributed by atoms with Crippen molar-refractivity contribution in [3.8, 4) is 11.1 Å². The van der Waals surface area contributed by atoms with Crippen molar-refractivity contribution in [1.82, 2.24) is 14.5 Å². The van der Waals surface area contributed by atoms with E-state index in [0.29, 0.717) is 11.1 Å². The first-order valence-electron chi connectivity index (χ1n) is 13.9. The zero-order valence-corrected chi connectivity index (χ0v) is 24.3. The second-order valence-corrected chi connectivity index (χ2v) is 11.3. The number of nitrogens with zero attached hydrogens (tertiary/aromatic N) is 3. The molecule has 1 fully saturated rings. The van der Waals surface area contributed by atoms with Gasteiger partial charge in [-0.05, 0) is 85.2 Å². The van der Waals surface area contributed by atoms with Crippen LogP contribution in [0.5, 0.6) is 0 Å². The molecular weight excluding hydrogens is 602 g/mol. The molecule has 2 N–H and O–H groups in total. The Morgan fingerprint density at radius 1 is 1.00 bits per heavy atom. The van der Waals surface area contributed by atoms with Crippen LogP contribution in [0.4, 0.5) is 31.1 Å². The Morgan fingerprint density at radius 3 is 2.33 bits per heavy atom. The molecule has 0 aliphatic heterocycles. The van der Waals surface area contributed by atoms with Gasteiger partial charge >= 0.3 is 12.3 Å². The number of carbonyl (C=O) groups is 2. The molecule has 0 bridgehead atoms. The number of hydrogen-bond donors (Lipinski definition) is 2. The number of imidazole rings is 1. The molecule has 0 unspecified atom stereocenters. The van der Waals surface area contributed by atoms with E-state index in [0.717, 1.165) is 31.0 Å². The maximum atomic E-state index is 16.3. The van der Waals surface area contributed by atoms with E-state index in [1.165, 1.54) is 46.8 Å². The molecule has 13 heteroatoms. The van der Waals surface area contributed by atoms with Gasteiger partial charge in [-0.2, -0.15) is 13.2 Å². The van der Waals surface area contributed by atoms with Gasteiger partial charge in [-0.1, -0.05) is 18.2 Å². The molecule has 1 aliphatic rings. The topological polar surface area (TPSA) is 88.6 Å². The van der Waals surface area contributed by atoms with Crippen LogP contribution >= 0.6 is 0 Å². The summed E-state index contributed by atoms with van der Waals surface area (Å²) in [7, 11) is 1.53. The number of carbonyl (C=O) groups excluding carboxylic acids is 1. The van der Waals surface area contributed by atoms with E-state index in [9.17, 15) is 36.6 Å². The van der Waals surface area contributed by atoms with E-state index < -0.39 is 63.4 Å². The zero-order chi connectivity index (χ0) is 32.8. The van der Waals surface area contributed by atoms with Crippen molar-refractivity contribution >= 4 is 12.0 Å². The van der Waals surface area contributed by atoms with E-state index in [-0.39, 0.29) is 29.7 Å². The maximum Gasteiger partial charge on any atom is 0.434 e. The van der Waals surface area contributed by atoms with Gasteiger partial charge in [0, 0.05) is 25.0 Å². The maximum absolute atomic E-state index is 16.3. The number of rotatable bonds is 7. The minimum atomic E-state index is -5.06. The molecule has 2 amide bonds. The first kappa shape index (κ1) is 31.6. The monoisotopic (exact) mass is 630 g/mol. The Kier molecular flexibility index (Phi) is 8.15. The highest BCUT2D eigenvalue weighted by atomic mass is 19.4. The summed E-state index contributed by atoms with van der Waals surface area (Å²) < 4.78 is 89.1. The molecule has 3 aromatic carbocycles. The summed E-state index contributed by atoms with van der Waals surface area (Å²) >= 11 is 0. The van der Waals surface area contributed by atoms with Crippen LogP contribution in [-0.2, 0) is 25.3 Å². The summed E-state index contributed by atoms with van der Waals surface area (Å²) in [5, 5.41) is 12.1. The minimum absolute atomic E-state index is 0.0369. The number of aromatic nitrogens is 2. The molecule has 0 spiro atoms. The summed E-state index contributed by atoms with van der Waals surface area (Å²) in [4.78, 5) is 28.7. The van der Waals surface area contributed by atoms with E-state index in [1.807, 2.05) is 0 Å². The fraction of sp³-hybridized carbons (Fsp3) is 0.281. The molecule has 236 valence electrons. The lowest BCUT2D eigenvalue weighted by atomic mass is 9.85. The van der Waals surface area contributed by atoms with E-state index in [2.05, 4.69) is 10.3 Å². The largest absolute Gasteiger partial charge is 0.463 e. The Bertz CT molecular complexity index is 1890. The summed E-state index contributed by atoms with van der Waals surface area (Å²) in [6, 6.07) is 8.43. The Hall–Kier alpha value is -4.81. The van der Waals surface area contributed by atoms with Crippen LogP contribution in [0.1, 0.15) is 52.4 Å². The molecule has 5 rings (SSSR count). The summed E-state index contributed by atoms with van der Waals surface area (Å²) in [6.07, 6.45) is -2.15. The number of halogens is 6. The van der Waals surface area contributed by atoms with Crippen LogP contribution in [0.3, 0.4) is 0 Å². The van der Waals surface area contributed by atoms with Gasteiger partial charge in [0.1, 0.15) is 17.5 Å². The van der Waals surface area contributed by atoms with Gasteiger partial charge < -0.3 is 19.6 Å². The Labute approximate surface area is 253 Å². The van der Waals surface area contributed by atoms with Gasteiger partial charge in [0.05, 0.1) is 23.2 Å². The highest BCUT2D eigenvalue weighted by Crippen LogP contribution is 2.46. The molecule has 0 saturated heterocycles. The highest BCUT2D eigenvalue weighted by Gasteiger charge is 2.44. The third-order valence-corrected chi connectivity index (χ3v) is 8.07. The average molecular weight is 631 g/mol. The van der Waals surface area contributed by atoms with Crippen LogP contribution in [0.15, 0.2) is 65.9 Å². The van der Waals surface area contributed by atoms with Gasteiger partial charge in [-0.25, -0.2) is 18.0 Å². The second-order valence-electron chi connectivity index (χ2n) is 11.3. The lowest BCUT2D eigenvalue weighted by Gasteiger charge is -2.32. The van der Waals surface area contributed by atoms with E-state index in [1.54, 1.807) is 19.9 Å². The number of alkyl halides is 3. The third kappa shape index (κ3) is 6.38. The molecule has 1 aromatic heterocycles. The van der Waals surface area contributed by atoms with Crippen LogP contribution in [0.25, 0.3) is 11.1 Å². The fourth-order valence-corrected chi connectivity index (χ4v) is 5.53. The standard InChI is InChI=1S/C32H28F6N4O3/c1-17-12-20(6-9-26(17)34)31(2,19-4-5-19)40-28(43)24-14-18(16-42-11-10-41(3)29(42)39-30(44)45)13-23(27(24)35)22-8-7-21(33)15-25(22)32(36,37)38/h6-15,19H,4-5,16H2,1-3H3,(H,40,43)(H,44,45)/b39-29-/t31-/m0/s1. The molecule has 0 radical (unpaired) electrons. The molecule has 45 heavy (non-hydrogen) atoms. The van der Waals surface area contributed by atoms with Crippen molar-refractivity contribution in [1.29, 1.82) is 0 Å². The van der Waals surface area contributed by atoms with Gasteiger partial charge in [0.15, 0.2) is 0 Å². The third-order valence-electron chi connectivity index (χ3n) is 8.07. The van der Waals surface area contributed by atoms with Crippen molar-refractivity contribution in [2.24, 2.45) is 18.0 Å². The second kappa shape index (κ2) is 11.6. The van der Waals surface area contributed by atoms with Crippen molar-refractivity contribution in [3.63, 3.8) is 0 Å². The van der Waals surface area contributed by atoms with Gasteiger partial charge in [0.25, 0.3) is 5.91 Å². The number of aryl methyl sites for hydroxylation is 2. The predicted octanol–water partition coefficient (Wildman–Crippen LogP) is 6.92. The Balaban J connectivity index is 1.67.